The molecule has 0 aromatic heterocycles. The fraction of sp³-hybridized carbons (Fsp3) is 0.875. The van der Waals surface area contributed by atoms with E-state index in [1.807, 2.05) is 0 Å². The molecule has 9 heteroatoms. The van der Waals surface area contributed by atoms with Gasteiger partial charge in [-0.05, 0) is 34.6 Å². The first-order chi connectivity index (χ1) is 11.3. The molecule has 1 unspecified atom stereocenters. The summed E-state index contributed by atoms with van der Waals surface area (Å²) in [6.07, 6.45) is -2.23. The highest BCUT2D eigenvalue weighted by Crippen LogP contribution is 2.31. The Bertz CT molecular complexity index is 495. The van der Waals surface area contributed by atoms with Crippen LogP contribution in [0.2, 0.25) is 0 Å². The van der Waals surface area contributed by atoms with Gasteiger partial charge in [0, 0.05) is 18.3 Å². The van der Waals surface area contributed by atoms with E-state index < -0.39 is 53.1 Å². The average molecular weight is 361 g/mol. The summed E-state index contributed by atoms with van der Waals surface area (Å²) in [6, 6.07) is 0. The Kier molecular flexibility index (Phi) is 6.90. The van der Waals surface area contributed by atoms with E-state index in [-0.39, 0.29) is 12.8 Å². The monoisotopic (exact) mass is 361 g/mol. The van der Waals surface area contributed by atoms with E-state index in [4.69, 9.17) is 18.9 Å². The van der Waals surface area contributed by atoms with Gasteiger partial charge >= 0.3 is 11.9 Å². The fourth-order valence-corrected chi connectivity index (χ4v) is 2.66. The van der Waals surface area contributed by atoms with E-state index in [9.17, 15) is 19.7 Å². The first-order valence-electron chi connectivity index (χ1n) is 8.14. The maximum absolute atomic E-state index is 12.0. The third-order valence-corrected chi connectivity index (χ3v) is 3.26. The van der Waals surface area contributed by atoms with Gasteiger partial charge < -0.3 is 18.9 Å². The molecule has 0 N–H and O–H groups in total. The smallest absolute Gasteiger partial charge is 0.308 e. The molecule has 0 bridgehead atoms. The van der Waals surface area contributed by atoms with Gasteiger partial charge in [0.05, 0.1) is 12.5 Å². The van der Waals surface area contributed by atoms with Gasteiger partial charge in [-0.25, -0.2) is 0 Å². The van der Waals surface area contributed by atoms with Crippen LogP contribution in [0.15, 0.2) is 0 Å². The van der Waals surface area contributed by atoms with Crippen molar-refractivity contribution in [3.63, 3.8) is 0 Å². The van der Waals surface area contributed by atoms with Crippen molar-refractivity contribution in [1.82, 2.24) is 0 Å². The summed E-state index contributed by atoms with van der Waals surface area (Å²) < 4.78 is 21.7. The number of nitro groups is 1. The van der Waals surface area contributed by atoms with E-state index in [0.29, 0.717) is 0 Å². The lowest BCUT2D eigenvalue weighted by molar-refractivity contribution is -0.495. The highest BCUT2D eigenvalue weighted by atomic mass is 16.7. The molecule has 0 amide bonds. The topological polar surface area (TPSA) is 114 Å². The maximum Gasteiger partial charge on any atom is 0.308 e. The SMILES string of the molecule is CC(=O)OC(C[N+](=O)[O-])[C@@H]1C[C@H](CC(=O)OC(C)(C)C)OC(C)(C)O1. The zero-order valence-electron chi connectivity index (χ0n) is 15.6. The minimum atomic E-state index is -1.08. The lowest BCUT2D eigenvalue weighted by atomic mass is 10.0. The first-order valence-corrected chi connectivity index (χ1v) is 8.14. The second-order valence-corrected chi connectivity index (χ2v) is 7.49. The van der Waals surface area contributed by atoms with E-state index >= 15 is 0 Å². The van der Waals surface area contributed by atoms with Crippen LogP contribution in [0.4, 0.5) is 0 Å². The molecule has 0 spiro atoms. The second-order valence-electron chi connectivity index (χ2n) is 7.49. The van der Waals surface area contributed by atoms with E-state index in [0.717, 1.165) is 0 Å². The summed E-state index contributed by atoms with van der Waals surface area (Å²) in [5.74, 6) is -2.15. The van der Waals surface area contributed by atoms with Crippen LogP contribution in [0.25, 0.3) is 0 Å². The molecule has 3 atom stereocenters. The molecule has 1 saturated heterocycles. The molecular formula is C16H27NO8. The van der Waals surface area contributed by atoms with Crippen LogP contribution < -0.4 is 0 Å². The predicted octanol–water partition coefficient (Wildman–Crippen LogP) is 1.84. The zero-order chi connectivity index (χ0) is 19.4. The summed E-state index contributed by atoms with van der Waals surface area (Å²) in [7, 11) is 0. The van der Waals surface area contributed by atoms with Gasteiger partial charge in [-0.3, -0.25) is 19.7 Å². The van der Waals surface area contributed by atoms with E-state index in [1.165, 1.54) is 6.92 Å². The Balaban J connectivity index is 2.84. The minimum Gasteiger partial charge on any atom is -0.460 e. The molecule has 0 aromatic rings. The Morgan fingerprint density at radius 3 is 2.40 bits per heavy atom. The predicted molar refractivity (Wildman–Crippen MR) is 86.3 cm³/mol. The van der Waals surface area contributed by atoms with Crippen molar-refractivity contribution in [3.05, 3.63) is 10.1 Å². The van der Waals surface area contributed by atoms with Gasteiger partial charge in [0.2, 0.25) is 6.54 Å². The summed E-state index contributed by atoms with van der Waals surface area (Å²) in [6.45, 7) is 9.15. The van der Waals surface area contributed by atoms with E-state index in [1.54, 1.807) is 34.6 Å². The summed E-state index contributed by atoms with van der Waals surface area (Å²) in [5, 5.41) is 10.9. The van der Waals surface area contributed by atoms with Gasteiger partial charge in [-0.15, -0.1) is 0 Å². The average Bonchev–Trinajstić information content (AvgIpc) is 2.31. The van der Waals surface area contributed by atoms with Gasteiger partial charge in [-0.1, -0.05) is 0 Å². The van der Waals surface area contributed by atoms with E-state index in [2.05, 4.69) is 0 Å². The van der Waals surface area contributed by atoms with Crippen LogP contribution in [0.5, 0.6) is 0 Å². The van der Waals surface area contributed by atoms with Crippen LogP contribution in [0.1, 0.15) is 54.4 Å². The molecule has 9 nitrogen and oxygen atoms in total. The zero-order valence-corrected chi connectivity index (χ0v) is 15.6. The van der Waals surface area contributed by atoms with Crippen LogP contribution >= 0.6 is 0 Å². The lowest BCUT2D eigenvalue weighted by Crippen LogP contribution is -2.52. The lowest BCUT2D eigenvalue weighted by Gasteiger charge is -2.42. The fourth-order valence-electron chi connectivity index (χ4n) is 2.66. The second kappa shape index (κ2) is 8.09. The third kappa shape index (κ3) is 8.26. The summed E-state index contributed by atoms with van der Waals surface area (Å²) >= 11 is 0. The normalized spacial score (nSPS) is 24.2. The summed E-state index contributed by atoms with van der Waals surface area (Å²) in [4.78, 5) is 33.6. The van der Waals surface area contributed by atoms with Gasteiger partial charge in [0.25, 0.3) is 0 Å². The number of hydrogen-bond acceptors (Lipinski definition) is 8. The van der Waals surface area contributed by atoms with Crippen molar-refractivity contribution in [2.45, 2.75) is 84.1 Å². The Morgan fingerprint density at radius 1 is 1.32 bits per heavy atom. The highest BCUT2D eigenvalue weighted by Gasteiger charge is 2.43. The maximum atomic E-state index is 12.0. The number of carbonyl (C=O) groups excluding carboxylic acids is 2. The summed E-state index contributed by atoms with van der Waals surface area (Å²) in [5.41, 5.74) is -0.622. The van der Waals surface area contributed by atoms with Crippen molar-refractivity contribution in [1.29, 1.82) is 0 Å². The number of ether oxygens (including phenoxy) is 4. The van der Waals surface area contributed by atoms with Crippen molar-refractivity contribution < 1.29 is 33.5 Å². The third-order valence-electron chi connectivity index (χ3n) is 3.26. The number of hydrogen-bond donors (Lipinski definition) is 0. The van der Waals surface area contributed by atoms with Gasteiger partial charge in [-0.2, -0.15) is 0 Å². The molecule has 0 radical (unpaired) electrons. The molecule has 1 heterocycles. The number of esters is 2. The van der Waals surface area contributed by atoms with Crippen molar-refractivity contribution in [3.8, 4) is 0 Å². The quantitative estimate of drug-likeness (QED) is 0.400. The Hall–Kier alpha value is -1.74. The minimum absolute atomic E-state index is 0.0220. The standard InChI is InChI=1S/C16H27NO8/c1-10(18)22-13(9-17(20)21)12-7-11(23-16(5,6)24-12)8-14(19)25-15(2,3)4/h11-13H,7-9H2,1-6H3/t11-,12+,13?/m1/s1. The molecule has 1 aliphatic rings. The number of carbonyl (C=O) groups is 2. The molecule has 144 valence electrons. The molecule has 0 aromatic carbocycles. The Labute approximate surface area is 147 Å². The first kappa shape index (κ1) is 21.3. The van der Waals surface area contributed by atoms with Crippen molar-refractivity contribution in [2.24, 2.45) is 0 Å². The van der Waals surface area contributed by atoms with Gasteiger partial charge in [0.15, 0.2) is 11.9 Å². The number of nitrogens with zero attached hydrogens (tertiary/aromatic N) is 1. The molecule has 1 rings (SSSR count). The molecule has 1 fully saturated rings. The molecule has 1 aliphatic heterocycles. The molecule has 25 heavy (non-hydrogen) atoms. The van der Waals surface area contributed by atoms with Crippen LogP contribution in [0.3, 0.4) is 0 Å². The molecule has 0 aliphatic carbocycles. The molecule has 0 saturated carbocycles. The van der Waals surface area contributed by atoms with Crippen molar-refractivity contribution in [2.75, 3.05) is 6.54 Å². The van der Waals surface area contributed by atoms with Crippen LogP contribution in [-0.2, 0) is 28.5 Å². The van der Waals surface area contributed by atoms with Crippen molar-refractivity contribution >= 4 is 11.9 Å². The highest BCUT2D eigenvalue weighted by molar-refractivity contribution is 5.70. The van der Waals surface area contributed by atoms with Crippen LogP contribution in [0, 0.1) is 10.1 Å². The van der Waals surface area contributed by atoms with Crippen LogP contribution in [-0.4, -0.2) is 53.1 Å². The largest absolute Gasteiger partial charge is 0.460 e. The molecular weight excluding hydrogens is 334 g/mol. The number of rotatable bonds is 6. The van der Waals surface area contributed by atoms with Gasteiger partial charge in [0.1, 0.15) is 11.7 Å². The Morgan fingerprint density at radius 2 is 1.92 bits per heavy atom.